The minimum atomic E-state index is -3.73. The van der Waals surface area contributed by atoms with Crippen LogP contribution in [-0.4, -0.2) is 53.8 Å². The number of aliphatic hydroxyl groups excluding tert-OH is 1. The number of amides is 1. The third kappa shape index (κ3) is 4.27. The smallest absolute Gasteiger partial charge is 0.241 e. The summed E-state index contributed by atoms with van der Waals surface area (Å²) >= 11 is 1.61. The van der Waals surface area contributed by atoms with Crippen LogP contribution in [0.4, 0.5) is 0 Å². The summed E-state index contributed by atoms with van der Waals surface area (Å²) < 4.78 is 26.7. The maximum absolute atomic E-state index is 12.7. The van der Waals surface area contributed by atoms with Crippen LogP contribution in [0.5, 0.6) is 0 Å². The molecule has 1 saturated heterocycles. The fourth-order valence-corrected chi connectivity index (χ4v) is 5.81. The van der Waals surface area contributed by atoms with Gasteiger partial charge in [-0.1, -0.05) is 18.2 Å². The van der Waals surface area contributed by atoms with Gasteiger partial charge in [0, 0.05) is 30.2 Å². The molecule has 1 aliphatic heterocycles. The number of aliphatic hydroxyl groups is 1. The van der Waals surface area contributed by atoms with E-state index in [9.17, 15) is 13.2 Å². The maximum Gasteiger partial charge on any atom is 0.241 e. The molecular formula is C19H25N3O4S2. The highest BCUT2D eigenvalue weighted by Crippen LogP contribution is 2.33. The number of sulfonamides is 1. The van der Waals surface area contributed by atoms with Crippen LogP contribution in [0.1, 0.15) is 36.8 Å². The van der Waals surface area contributed by atoms with Crippen molar-refractivity contribution in [3.8, 4) is 10.6 Å². The molecular weight excluding hydrogens is 398 g/mol. The van der Waals surface area contributed by atoms with Gasteiger partial charge in [0.2, 0.25) is 15.9 Å². The Labute approximate surface area is 169 Å². The van der Waals surface area contributed by atoms with Crippen molar-refractivity contribution in [3.05, 3.63) is 40.9 Å². The van der Waals surface area contributed by atoms with Crippen LogP contribution in [0, 0.1) is 6.92 Å². The average Bonchev–Trinajstić information content (AvgIpc) is 3.22. The number of aryl methyl sites for hydroxylation is 1. The van der Waals surface area contributed by atoms with E-state index in [1.165, 1.54) is 16.8 Å². The second-order valence-electron chi connectivity index (χ2n) is 6.97. The summed E-state index contributed by atoms with van der Waals surface area (Å²) in [5.41, 5.74) is 3.50. The number of rotatable bonds is 6. The Kier molecular flexibility index (Phi) is 6.49. The van der Waals surface area contributed by atoms with Gasteiger partial charge in [-0.05, 0) is 43.7 Å². The SMILES string of the molecule is Cc1cc(C2CCN(S(=O)(=O)C(C)C(=O)NCO)CC2)ccc1-c1nccs1. The molecule has 0 bridgehead atoms. The Bertz CT molecular complexity index is 921. The van der Waals surface area contributed by atoms with Crippen molar-refractivity contribution in [2.75, 3.05) is 19.8 Å². The predicted molar refractivity (Wildman–Crippen MR) is 109 cm³/mol. The molecule has 2 aromatic rings. The van der Waals surface area contributed by atoms with Gasteiger partial charge in [0.15, 0.2) is 5.25 Å². The van der Waals surface area contributed by atoms with E-state index in [0.717, 1.165) is 16.1 Å². The highest BCUT2D eigenvalue weighted by Gasteiger charge is 2.36. The zero-order valence-electron chi connectivity index (χ0n) is 16.0. The topological polar surface area (TPSA) is 99.6 Å². The lowest BCUT2D eigenvalue weighted by atomic mass is 9.88. The molecule has 1 aromatic heterocycles. The van der Waals surface area contributed by atoms with Crippen LogP contribution in [-0.2, 0) is 14.8 Å². The molecule has 1 atom stereocenters. The summed E-state index contributed by atoms with van der Waals surface area (Å²) in [5, 5.41) is 12.7. The van der Waals surface area contributed by atoms with E-state index < -0.39 is 27.9 Å². The molecule has 0 radical (unpaired) electrons. The minimum absolute atomic E-state index is 0.289. The standard InChI is InChI=1S/C19H25N3O4S2/c1-13-11-16(3-4-17(13)19-20-7-10-27-19)15-5-8-22(9-6-15)28(25,26)14(2)18(24)21-12-23/h3-4,7,10-11,14-15,23H,5-6,8-9,12H2,1-2H3,(H,21,24). The number of carbonyl (C=O) groups is 1. The van der Waals surface area contributed by atoms with Gasteiger partial charge in [-0.15, -0.1) is 11.3 Å². The van der Waals surface area contributed by atoms with Crippen LogP contribution in [0.2, 0.25) is 0 Å². The molecule has 2 N–H and O–H groups in total. The minimum Gasteiger partial charge on any atom is -0.377 e. The molecule has 152 valence electrons. The molecule has 0 aliphatic carbocycles. The normalized spacial score (nSPS) is 17.4. The molecule has 7 nitrogen and oxygen atoms in total. The van der Waals surface area contributed by atoms with Crippen molar-refractivity contribution in [1.29, 1.82) is 0 Å². The molecule has 1 unspecified atom stereocenters. The lowest BCUT2D eigenvalue weighted by molar-refractivity contribution is -0.121. The zero-order chi connectivity index (χ0) is 20.3. The molecule has 1 fully saturated rings. The molecule has 1 aliphatic rings. The number of thiazole rings is 1. The van der Waals surface area contributed by atoms with Gasteiger partial charge in [0.25, 0.3) is 0 Å². The number of nitrogens with one attached hydrogen (secondary N) is 1. The predicted octanol–water partition coefficient (Wildman–Crippen LogP) is 2.08. The Morgan fingerprint density at radius 2 is 2.11 bits per heavy atom. The summed E-state index contributed by atoms with van der Waals surface area (Å²) in [6.45, 7) is 3.62. The largest absolute Gasteiger partial charge is 0.377 e. The number of carbonyl (C=O) groups excluding carboxylic acids is 1. The van der Waals surface area contributed by atoms with E-state index in [4.69, 9.17) is 5.11 Å². The summed E-state index contributed by atoms with van der Waals surface area (Å²) in [7, 11) is -3.73. The average molecular weight is 424 g/mol. The van der Waals surface area contributed by atoms with Crippen LogP contribution in [0.25, 0.3) is 10.6 Å². The lowest BCUT2D eigenvalue weighted by Crippen LogP contribution is -2.48. The Balaban J connectivity index is 1.67. The molecule has 3 rings (SSSR count). The van der Waals surface area contributed by atoms with Crippen molar-refractivity contribution in [1.82, 2.24) is 14.6 Å². The van der Waals surface area contributed by atoms with Crippen LogP contribution < -0.4 is 5.32 Å². The van der Waals surface area contributed by atoms with Crippen LogP contribution in [0.15, 0.2) is 29.8 Å². The fraction of sp³-hybridized carbons (Fsp3) is 0.474. The number of hydrogen-bond donors (Lipinski definition) is 2. The van der Waals surface area contributed by atoms with Crippen LogP contribution >= 0.6 is 11.3 Å². The number of aromatic nitrogens is 1. The zero-order valence-corrected chi connectivity index (χ0v) is 17.6. The molecule has 2 heterocycles. The first-order valence-corrected chi connectivity index (χ1v) is 11.6. The number of hydrogen-bond acceptors (Lipinski definition) is 6. The van der Waals surface area contributed by atoms with E-state index in [1.54, 1.807) is 17.5 Å². The van der Waals surface area contributed by atoms with Crippen molar-refractivity contribution in [3.63, 3.8) is 0 Å². The summed E-state index contributed by atoms with van der Waals surface area (Å²) in [6.07, 6.45) is 3.22. The molecule has 0 saturated carbocycles. The van der Waals surface area contributed by atoms with Gasteiger partial charge < -0.3 is 10.4 Å². The molecule has 0 spiro atoms. The van der Waals surface area contributed by atoms with Crippen molar-refractivity contribution >= 4 is 27.3 Å². The first-order valence-electron chi connectivity index (χ1n) is 9.22. The molecule has 1 aromatic carbocycles. The number of piperidine rings is 1. The number of benzene rings is 1. The van der Waals surface area contributed by atoms with E-state index in [0.29, 0.717) is 25.9 Å². The summed E-state index contributed by atoms with van der Waals surface area (Å²) in [4.78, 5) is 16.2. The van der Waals surface area contributed by atoms with Crippen molar-refractivity contribution in [2.45, 2.75) is 37.9 Å². The molecule has 9 heteroatoms. The highest BCUT2D eigenvalue weighted by molar-refractivity contribution is 7.90. The van der Waals surface area contributed by atoms with E-state index in [2.05, 4.69) is 35.4 Å². The first kappa shape index (κ1) is 20.9. The third-order valence-electron chi connectivity index (χ3n) is 5.27. The second-order valence-corrected chi connectivity index (χ2v) is 10.1. The quantitative estimate of drug-likeness (QED) is 0.693. The molecule has 28 heavy (non-hydrogen) atoms. The van der Waals surface area contributed by atoms with E-state index >= 15 is 0 Å². The fourth-order valence-electron chi connectivity index (χ4n) is 3.56. The van der Waals surface area contributed by atoms with Gasteiger partial charge in [0.05, 0.1) is 0 Å². The monoisotopic (exact) mass is 423 g/mol. The maximum atomic E-state index is 12.7. The van der Waals surface area contributed by atoms with Gasteiger partial charge in [-0.25, -0.2) is 17.7 Å². The third-order valence-corrected chi connectivity index (χ3v) is 8.27. The van der Waals surface area contributed by atoms with Gasteiger partial charge in [-0.2, -0.15) is 0 Å². The Hall–Kier alpha value is -1.81. The highest BCUT2D eigenvalue weighted by atomic mass is 32.2. The summed E-state index contributed by atoms with van der Waals surface area (Å²) in [6, 6.07) is 6.37. The van der Waals surface area contributed by atoms with E-state index in [-0.39, 0.29) is 5.92 Å². The van der Waals surface area contributed by atoms with Gasteiger partial charge >= 0.3 is 0 Å². The van der Waals surface area contributed by atoms with Crippen molar-refractivity contribution < 1.29 is 18.3 Å². The first-order chi connectivity index (χ1) is 13.3. The number of nitrogens with zero attached hydrogens (tertiary/aromatic N) is 2. The van der Waals surface area contributed by atoms with Gasteiger partial charge in [0.1, 0.15) is 11.7 Å². The van der Waals surface area contributed by atoms with E-state index in [1.807, 2.05) is 5.38 Å². The van der Waals surface area contributed by atoms with Crippen LogP contribution in [0.3, 0.4) is 0 Å². The molecule has 1 amide bonds. The summed E-state index contributed by atoms with van der Waals surface area (Å²) in [5.74, 6) is -0.393. The Morgan fingerprint density at radius 1 is 1.39 bits per heavy atom. The lowest BCUT2D eigenvalue weighted by Gasteiger charge is -2.33. The Morgan fingerprint density at radius 3 is 2.68 bits per heavy atom. The second kappa shape index (κ2) is 8.69. The van der Waals surface area contributed by atoms with Crippen molar-refractivity contribution in [2.24, 2.45) is 0 Å². The van der Waals surface area contributed by atoms with Gasteiger partial charge in [-0.3, -0.25) is 4.79 Å².